The molecule has 5 nitrogen and oxygen atoms in total. The van der Waals surface area contributed by atoms with Crippen LogP contribution < -0.4 is 10.6 Å². The maximum absolute atomic E-state index is 11.7. The average molecular weight is 242 g/mol. The molecule has 1 aliphatic heterocycles. The van der Waals surface area contributed by atoms with Crippen molar-refractivity contribution in [2.45, 2.75) is 45.1 Å². The first kappa shape index (κ1) is 14.0. The predicted molar refractivity (Wildman–Crippen MR) is 64.3 cm³/mol. The van der Waals surface area contributed by atoms with Crippen LogP contribution in [0.5, 0.6) is 0 Å². The van der Waals surface area contributed by atoms with E-state index in [2.05, 4.69) is 17.6 Å². The monoisotopic (exact) mass is 242 g/mol. The molecule has 1 rings (SSSR count). The molecule has 0 radical (unpaired) electrons. The first-order valence-corrected chi connectivity index (χ1v) is 6.35. The van der Waals surface area contributed by atoms with Crippen LogP contribution in [0.2, 0.25) is 0 Å². The van der Waals surface area contributed by atoms with Gasteiger partial charge in [-0.25, -0.2) is 0 Å². The van der Waals surface area contributed by atoms with E-state index in [0.717, 1.165) is 12.8 Å². The van der Waals surface area contributed by atoms with Gasteiger partial charge in [0.15, 0.2) is 0 Å². The minimum absolute atomic E-state index is 0.0504. The van der Waals surface area contributed by atoms with Crippen LogP contribution in [0.1, 0.15) is 39.0 Å². The third-order valence-corrected chi connectivity index (χ3v) is 3.11. The molecule has 0 aromatic carbocycles. The normalized spacial score (nSPS) is 21.1. The zero-order chi connectivity index (χ0) is 12.7. The molecule has 2 atom stereocenters. The molecule has 1 heterocycles. The topological polar surface area (TPSA) is 78.4 Å². The highest BCUT2D eigenvalue weighted by Crippen LogP contribution is 2.10. The lowest BCUT2D eigenvalue weighted by molar-refractivity contribution is -0.125. The Balaban J connectivity index is 2.27. The van der Waals surface area contributed by atoms with E-state index < -0.39 is 0 Å². The van der Waals surface area contributed by atoms with Gasteiger partial charge < -0.3 is 15.7 Å². The number of nitrogens with one attached hydrogen (secondary N) is 2. The Kier molecular flexibility index (Phi) is 5.97. The lowest BCUT2D eigenvalue weighted by atomic mass is 10.00. The maximum atomic E-state index is 11.7. The first-order valence-electron chi connectivity index (χ1n) is 6.35. The zero-order valence-electron chi connectivity index (χ0n) is 10.4. The minimum atomic E-state index is -0.362. The summed E-state index contributed by atoms with van der Waals surface area (Å²) in [5.41, 5.74) is 0. The van der Waals surface area contributed by atoms with Gasteiger partial charge in [-0.3, -0.25) is 9.59 Å². The fourth-order valence-corrected chi connectivity index (χ4v) is 2.12. The van der Waals surface area contributed by atoms with Crippen molar-refractivity contribution in [3.8, 4) is 0 Å². The van der Waals surface area contributed by atoms with Crippen LogP contribution >= 0.6 is 0 Å². The fraction of sp³-hybridized carbons (Fsp3) is 0.833. The molecule has 1 fully saturated rings. The van der Waals surface area contributed by atoms with Gasteiger partial charge in [0, 0.05) is 19.6 Å². The summed E-state index contributed by atoms with van der Waals surface area (Å²) in [5.74, 6) is 0.173. The highest BCUT2D eigenvalue weighted by Gasteiger charge is 2.27. The van der Waals surface area contributed by atoms with Crippen molar-refractivity contribution in [2.24, 2.45) is 5.92 Å². The van der Waals surface area contributed by atoms with E-state index in [-0.39, 0.29) is 24.5 Å². The van der Waals surface area contributed by atoms with Crippen molar-refractivity contribution in [1.82, 2.24) is 10.6 Å². The van der Waals surface area contributed by atoms with Gasteiger partial charge in [-0.15, -0.1) is 0 Å². The molecule has 17 heavy (non-hydrogen) atoms. The summed E-state index contributed by atoms with van der Waals surface area (Å²) in [4.78, 5) is 22.7. The Hall–Kier alpha value is -1.10. The SMILES string of the molecule is CCCC(CCO)CNC(=O)[C@@H]1CCC(=O)N1. The summed E-state index contributed by atoms with van der Waals surface area (Å²) in [5, 5.41) is 14.4. The van der Waals surface area contributed by atoms with E-state index in [1.807, 2.05) is 0 Å². The van der Waals surface area contributed by atoms with E-state index in [1.165, 1.54) is 0 Å². The summed E-state index contributed by atoms with van der Waals surface area (Å²) < 4.78 is 0. The van der Waals surface area contributed by atoms with Crippen molar-refractivity contribution >= 4 is 11.8 Å². The number of carbonyl (C=O) groups is 2. The summed E-state index contributed by atoms with van der Waals surface area (Å²) in [6.45, 7) is 2.82. The van der Waals surface area contributed by atoms with Gasteiger partial charge in [-0.2, -0.15) is 0 Å². The fourth-order valence-electron chi connectivity index (χ4n) is 2.12. The maximum Gasteiger partial charge on any atom is 0.242 e. The number of aliphatic hydroxyl groups is 1. The van der Waals surface area contributed by atoms with Crippen LogP contribution in [-0.4, -0.2) is 36.1 Å². The third-order valence-electron chi connectivity index (χ3n) is 3.11. The summed E-state index contributed by atoms with van der Waals surface area (Å²) >= 11 is 0. The molecule has 3 N–H and O–H groups in total. The van der Waals surface area contributed by atoms with Crippen LogP contribution in [0.4, 0.5) is 0 Å². The molecule has 0 aliphatic carbocycles. The molecule has 0 aromatic heterocycles. The Labute approximate surface area is 102 Å². The van der Waals surface area contributed by atoms with Gasteiger partial charge in [0.2, 0.25) is 11.8 Å². The van der Waals surface area contributed by atoms with E-state index in [4.69, 9.17) is 5.11 Å². The largest absolute Gasteiger partial charge is 0.396 e. The standard InChI is InChI=1S/C12H22N2O3/c1-2-3-9(6-7-15)8-13-12(17)10-4-5-11(16)14-10/h9-10,15H,2-8H2,1H3,(H,13,17)(H,14,16)/t9?,10-/m0/s1. The van der Waals surface area contributed by atoms with Gasteiger partial charge in [0.25, 0.3) is 0 Å². The molecule has 1 unspecified atom stereocenters. The smallest absolute Gasteiger partial charge is 0.242 e. The van der Waals surface area contributed by atoms with Crippen LogP contribution in [0, 0.1) is 5.92 Å². The van der Waals surface area contributed by atoms with Gasteiger partial charge in [0.1, 0.15) is 6.04 Å². The second-order valence-electron chi connectivity index (χ2n) is 4.57. The van der Waals surface area contributed by atoms with Crippen molar-refractivity contribution < 1.29 is 14.7 Å². The predicted octanol–water partition coefficient (Wildman–Crippen LogP) is 0.180. The van der Waals surface area contributed by atoms with E-state index in [9.17, 15) is 9.59 Å². The number of hydrogen-bond donors (Lipinski definition) is 3. The first-order chi connectivity index (χ1) is 8.17. The Bertz CT molecular complexity index is 262. The average Bonchev–Trinajstić information content (AvgIpc) is 2.73. The number of aliphatic hydroxyl groups excluding tert-OH is 1. The van der Waals surface area contributed by atoms with E-state index in [1.54, 1.807) is 0 Å². The van der Waals surface area contributed by atoms with Gasteiger partial charge in [0.05, 0.1) is 0 Å². The van der Waals surface area contributed by atoms with Crippen molar-refractivity contribution in [2.75, 3.05) is 13.2 Å². The summed E-state index contributed by atoms with van der Waals surface area (Å²) in [6.07, 6.45) is 3.78. The Morgan fingerprint density at radius 3 is 2.88 bits per heavy atom. The summed E-state index contributed by atoms with van der Waals surface area (Å²) in [6, 6.07) is -0.362. The van der Waals surface area contributed by atoms with Crippen LogP contribution in [-0.2, 0) is 9.59 Å². The molecule has 0 saturated carbocycles. The molecule has 1 aliphatic rings. The van der Waals surface area contributed by atoms with Crippen LogP contribution in [0.3, 0.4) is 0 Å². The van der Waals surface area contributed by atoms with Gasteiger partial charge in [-0.1, -0.05) is 13.3 Å². The molecular formula is C12H22N2O3. The summed E-state index contributed by atoms with van der Waals surface area (Å²) in [7, 11) is 0. The highest BCUT2D eigenvalue weighted by atomic mass is 16.3. The number of carbonyl (C=O) groups excluding carboxylic acids is 2. The van der Waals surface area contributed by atoms with Crippen molar-refractivity contribution in [3.63, 3.8) is 0 Å². The Morgan fingerprint density at radius 2 is 2.35 bits per heavy atom. The van der Waals surface area contributed by atoms with Crippen LogP contribution in [0.15, 0.2) is 0 Å². The lowest BCUT2D eigenvalue weighted by Gasteiger charge is -2.17. The quantitative estimate of drug-likeness (QED) is 0.596. The molecule has 0 aromatic rings. The minimum Gasteiger partial charge on any atom is -0.396 e. The second-order valence-corrected chi connectivity index (χ2v) is 4.57. The zero-order valence-corrected chi connectivity index (χ0v) is 10.4. The molecule has 0 spiro atoms. The molecule has 98 valence electrons. The molecule has 5 heteroatoms. The van der Waals surface area contributed by atoms with E-state index in [0.29, 0.717) is 31.7 Å². The second kappa shape index (κ2) is 7.27. The molecule has 2 amide bonds. The third kappa shape index (κ3) is 4.73. The number of amides is 2. The molecule has 1 saturated heterocycles. The molecule has 0 bridgehead atoms. The van der Waals surface area contributed by atoms with Crippen molar-refractivity contribution in [1.29, 1.82) is 0 Å². The van der Waals surface area contributed by atoms with Gasteiger partial charge in [-0.05, 0) is 25.2 Å². The Morgan fingerprint density at radius 1 is 1.59 bits per heavy atom. The van der Waals surface area contributed by atoms with E-state index >= 15 is 0 Å². The highest BCUT2D eigenvalue weighted by molar-refractivity contribution is 5.90. The lowest BCUT2D eigenvalue weighted by Crippen LogP contribution is -2.43. The number of rotatable bonds is 7. The van der Waals surface area contributed by atoms with Crippen molar-refractivity contribution in [3.05, 3.63) is 0 Å². The molecular weight excluding hydrogens is 220 g/mol. The van der Waals surface area contributed by atoms with Crippen LogP contribution in [0.25, 0.3) is 0 Å². The van der Waals surface area contributed by atoms with Gasteiger partial charge >= 0.3 is 0 Å². The number of hydrogen-bond acceptors (Lipinski definition) is 3.